The lowest BCUT2D eigenvalue weighted by molar-refractivity contribution is -0.385. The molecule has 0 bridgehead atoms. The van der Waals surface area contributed by atoms with Crippen molar-refractivity contribution < 1.29 is 23.8 Å². The highest BCUT2D eigenvalue weighted by atomic mass is 35.5. The molecule has 11 nitrogen and oxygen atoms in total. The molecule has 0 aliphatic carbocycles. The number of rotatable bonds is 8. The van der Waals surface area contributed by atoms with Gasteiger partial charge in [-0.15, -0.1) is 0 Å². The van der Waals surface area contributed by atoms with Crippen molar-refractivity contribution in [3.8, 4) is 17.1 Å². The molecular formula is C20H18ClN5O6. The number of methoxy groups -OCH3 is 1. The van der Waals surface area contributed by atoms with Crippen molar-refractivity contribution in [2.75, 3.05) is 20.2 Å². The predicted molar refractivity (Wildman–Crippen MR) is 114 cm³/mol. The van der Waals surface area contributed by atoms with E-state index in [2.05, 4.69) is 20.8 Å². The summed E-state index contributed by atoms with van der Waals surface area (Å²) in [5, 5.41) is 20.4. The summed E-state index contributed by atoms with van der Waals surface area (Å²) >= 11 is 5.92. The monoisotopic (exact) mass is 459 g/mol. The molecule has 0 aliphatic rings. The molecule has 3 aromatic rings. The van der Waals surface area contributed by atoms with Crippen LogP contribution in [-0.2, 0) is 0 Å². The average molecular weight is 460 g/mol. The SMILES string of the molecule is COc1ccc(Cl)cc1C(=O)NCCNC(=O)c1nc(-c2cccc([N+](=O)[O-])c2C)no1. The van der Waals surface area contributed by atoms with E-state index in [1.807, 2.05) is 0 Å². The fraction of sp³-hybridized carbons (Fsp3) is 0.200. The van der Waals surface area contributed by atoms with Gasteiger partial charge in [0.15, 0.2) is 0 Å². The molecule has 12 heteroatoms. The van der Waals surface area contributed by atoms with E-state index in [-0.39, 0.29) is 36.1 Å². The fourth-order valence-corrected chi connectivity index (χ4v) is 3.04. The number of aromatic nitrogens is 2. The van der Waals surface area contributed by atoms with Crippen LogP contribution in [0, 0.1) is 17.0 Å². The van der Waals surface area contributed by atoms with Crippen molar-refractivity contribution in [2.45, 2.75) is 6.92 Å². The Balaban J connectivity index is 1.58. The van der Waals surface area contributed by atoms with Gasteiger partial charge in [-0.25, -0.2) is 0 Å². The van der Waals surface area contributed by atoms with Crippen molar-refractivity contribution in [2.24, 2.45) is 0 Å². The zero-order valence-corrected chi connectivity index (χ0v) is 17.8. The lowest BCUT2D eigenvalue weighted by Crippen LogP contribution is -2.35. The third-order valence-electron chi connectivity index (χ3n) is 4.47. The van der Waals surface area contributed by atoms with Crippen LogP contribution in [0.5, 0.6) is 5.75 Å². The van der Waals surface area contributed by atoms with Crippen LogP contribution in [0.25, 0.3) is 11.4 Å². The van der Waals surface area contributed by atoms with Gasteiger partial charge in [0.25, 0.3) is 11.6 Å². The Morgan fingerprint density at radius 1 is 1.19 bits per heavy atom. The molecule has 0 spiro atoms. The molecule has 2 amide bonds. The molecule has 1 heterocycles. The van der Waals surface area contributed by atoms with Crippen LogP contribution in [0.1, 0.15) is 26.6 Å². The van der Waals surface area contributed by atoms with Crippen molar-refractivity contribution in [1.82, 2.24) is 20.8 Å². The summed E-state index contributed by atoms with van der Waals surface area (Å²) in [6.45, 7) is 1.76. The van der Waals surface area contributed by atoms with Crippen molar-refractivity contribution in [3.05, 3.63) is 68.6 Å². The first-order valence-corrected chi connectivity index (χ1v) is 9.67. The van der Waals surface area contributed by atoms with Gasteiger partial charge in [0, 0.05) is 35.3 Å². The van der Waals surface area contributed by atoms with E-state index in [4.69, 9.17) is 20.9 Å². The van der Waals surface area contributed by atoms with Crippen LogP contribution in [0.3, 0.4) is 0 Å². The smallest absolute Gasteiger partial charge is 0.316 e. The number of ether oxygens (including phenoxy) is 1. The molecule has 1 aromatic heterocycles. The molecule has 166 valence electrons. The van der Waals surface area contributed by atoms with Gasteiger partial charge in [-0.2, -0.15) is 4.98 Å². The largest absolute Gasteiger partial charge is 0.496 e. The standard InChI is InChI=1S/C20H18ClN5O6/c1-11-13(4-3-5-15(11)26(29)30)17-24-20(32-25-17)19(28)23-9-8-22-18(27)14-10-12(21)6-7-16(14)31-2/h3-7,10H,8-9H2,1-2H3,(H,22,27)(H,23,28). The Bertz CT molecular complexity index is 1180. The molecule has 0 saturated carbocycles. The molecule has 2 aromatic carbocycles. The Kier molecular flexibility index (Phi) is 7.00. The van der Waals surface area contributed by atoms with Crippen LogP contribution in [0.4, 0.5) is 5.69 Å². The quantitative estimate of drug-likeness (QED) is 0.296. The topological polar surface area (TPSA) is 149 Å². The maximum absolute atomic E-state index is 12.3. The number of amides is 2. The Hall–Kier alpha value is -3.99. The number of nitro groups is 1. The van der Waals surface area contributed by atoms with E-state index in [1.54, 1.807) is 25.1 Å². The molecular weight excluding hydrogens is 442 g/mol. The normalized spacial score (nSPS) is 10.5. The maximum atomic E-state index is 12.3. The van der Waals surface area contributed by atoms with E-state index in [0.717, 1.165) is 0 Å². The predicted octanol–water partition coefficient (Wildman–Crippen LogP) is 2.78. The van der Waals surface area contributed by atoms with Crippen molar-refractivity contribution in [1.29, 1.82) is 0 Å². The molecule has 2 N–H and O–H groups in total. The number of halogens is 1. The van der Waals surface area contributed by atoms with Gasteiger partial charge in [0.1, 0.15) is 5.75 Å². The second-order valence-electron chi connectivity index (χ2n) is 6.49. The van der Waals surface area contributed by atoms with Gasteiger partial charge in [-0.3, -0.25) is 19.7 Å². The van der Waals surface area contributed by atoms with Gasteiger partial charge < -0.3 is 19.9 Å². The highest BCUT2D eigenvalue weighted by Crippen LogP contribution is 2.28. The van der Waals surface area contributed by atoms with Crippen LogP contribution >= 0.6 is 11.6 Å². The van der Waals surface area contributed by atoms with Crippen molar-refractivity contribution >= 4 is 29.1 Å². The Morgan fingerprint density at radius 2 is 1.91 bits per heavy atom. The molecule has 0 unspecified atom stereocenters. The second-order valence-corrected chi connectivity index (χ2v) is 6.92. The first-order valence-electron chi connectivity index (χ1n) is 9.30. The number of carbonyl (C=O) groups excluding carboxylic acids is 2. The lowest BCUT2D eigenvalue weighted by Gasteiger charge is -2.09. The lowest BCUT2D eigenvalue weighted by atomic mass is 10.1. The third kappa shape index (κ3) is 5.01. The minimum absolute atomic E-state index is 0.0534. The third-order valence-corrected chi connectivity index (χ3v) is 4.70. The number of benzene rings is 2. The fourth-order valence-electron chi connectivity index (χ4n) is 2.87. The van der Waals surface area contributed by atoms with E-state index in [9.17, 15) is 19.7 Å². The molecule has 0 atom stereocenters. The summed E-state index contributed by atoms with van der Waals surface area (Å²) in [6.07, 6.45) is 0. The Morgan fingerprint density at radius 3 is 2.59 bits per heavy atom. The number of nitrogens with one attached hydrogen (secondary N) is 2. The van der Waals surface area contributed by atoms with Crippen LogP contribution in [0.15, 0.2) is 40.9 Å². The summed E-state index contributed by atoms with van der Waals surface area (Å²) in [5.41, 5.74) is 0.903. The number of carbonyl (C=O) groups is 2. The van der Waals surface area contributed by atoms with E-state index in [1.165, 1.54) is 25.3 Å². The number of hydrogen-bond donors (Lipinski definition) is 2. The van der Waals surface area contributed by atoms with E-state index in [0.29, 0.717) is 21.9 Å². The van der Waals surface area contributed by atoms with Gasteiger partial charge in [-0.1, -0.05) is 28.9 Å². The molecule has 32 heavy (non-hydrogen) atoms. The van der Waals surface area contributed by atoms with Gasteiger partial charge in [0.2, 0.25) is 5.82 Å². The summed E-state index contributed by atoms with van der Waals surface area (Å²) < 4.78 is 10.1. The number of nitrogens with zero attached hydrogens (tertiary/aromatic N) is 3. The zero-order valence-electron chi connectivity index (χ0n) is 17.0. The minimum Gasteiger partial charge on any atom is -0.496 e. The van der Waals surface area contributed by atoms with Crippen LogP contribution in [0.2, 0.25) is 5.02 Å². The van der Waals surface area contributed by atoms with Gasteiger partial charge in [-0.05, 0) is 25.1 Å². The molecule has 0 aliphatic heterocycles. The second kappa shape index (κ2) is 9.88. The molecule has 0 fully saturated rings. The summed E-state index contributed by atoms with van der Waals surface area (Å²) in [5.74, 6) is -0.960. The van der Waals surface area contributed by atoms with E-state index >= 15 is 0 Å². The average Bonchev–Trinajstić information content (AvgIpc) is 3.26. The first-order chi connectivity index (χ1) is 15.3. The van der Waals surface area contributed by atoms with Gasteiger partial charge in [0.05, 0.1) is 17.6 Å². The maximum Gasteiger partial charge on any atom is 0.316 e. The summed E-state index contributed by atoms with van der Waals surface area (Å²) in [4.78, 5) is 39.1. The molecule has 3 rings (SSSR count). The molecule has 0 radical (unpaired) electrons. The van der Waals surface area contributed by atoms with E-state index < -0.39 is 16.7 Å². The molecule has 0 saturated heterocycles. The highest BCUT2D eigenvalue weighted by molar-refractivity contribution is 6.31. The minimum atomic E-state index is -0.651. The number of hydrogen-bond acceptors (Lipinski definition) is 8. The van der Waals surface area contributed by atoms with Crippen molar-refractivity contribution in [3.63, 3.8) is 0 Å². The zero-order chi connectivity index (χ0) is 23.3. The number of nitro benzene ring substituents is 1. The Labute approximate surface area is 186 Å². The summed E-state index contributed by atoms with van der Waals surface area (Å²) in [7, 11) is 1.44. The van der Waals surface area contributed by atoms with Gasteiger partial charge >= 0.3 is 11.8 Å². The summed E-state index contributed by atoms with van der Waals surface area (Å²) in [6, 6.07) is 9.10. The first kappa shape index (κ1) is 22.7. The van der Waals surface area contributed by atoms with Crippen LogP contribution < -0.4 is 15.4 Å². The highest BCUT2D eigenvalue weighted by Gasteiger charge is 2.21. The van der Waals surface area contributed by atoms with Crippen LogP contribution in [-0.4, -0.2) is 47.1 Å².